The first-order chi connectivity index (χ1) is 14.7. The average molecular weight is 473 g/mol. The Morgan fingerprint density at radius 3 is 2.16 bits per heavy atom. The van der Waals surface area contributed by atoms with E-state index in [2.05, 4.69) is 0 Å². The lowest BCUT2D eigenvalue weighted by Crippen LogP contribution is -2.49. The molecule has 0 radical (unpaired) electrons. The lowest BCUT2D eigenvalue weighted by molar-refractivity contribution is -0.140. The van der Waals surface area contributed by atoms with Crippen molar-refractivity contribution in [2.24, 2.45) is 5.92 Å². The Morgan fingerprint density at radius 2 is 1.58 bits per heavy atom. The molecule has 31 heavy (non-hydrogen) atoms. The third kappa shape index (κ3) is 5.13. The van der Waals surface area contributed by atoms with E-state index in [0.29, 0.717) is 58.5 Å². The van der Waals surface area contributed by atoms with E-state index in [4.69, 9.17) is 4.74 Å². The van der Waals surface area contributed by atoms with Crippen molar-refractivity contribution in [3.05, 3.63) is 24.3 Å². The lowest BCUT2D eigenvalue weighted by Gasteiger charge is -2.35. The van der Waals surface area contributed by atoms with Crippen LogP contribution in [0.25, 0.3) is 0 Å². The molecule has 0 N–H and O–H groups in total. The molecule has 0 spiro atoms. The number of hydrogen-bond donors (Lipinski definition) is 0. The minimum atomic E-state index is -3.81. The molecule has 0 bridgehead atoms. The maximum Gasteiger partial charge on any atom is 0.243 e. The Kier molecular flexibility index (Phi) is 7.77. The Morgan fingerprint density at radius 1 is 1.00 bits per heavy atom. The largest absolute Gasteiger partial charge is 0.378 e. The maximum absolute atomic E-state index is 13.2. The number of benzene rings is 1. The maximum atomic E-state index is 13.2. The Balaban J connectivity index is 1.75. The number of hydrogen-bond acceptors (Lipinski definition) is 6. The van der Waals surface area contributed by atoms with Gasteiger partial charge in [0, 0.05) is 26.2 Å². The van der Waals surface area contributed by atoms with Gasteiger partial charge in [-0.2, -0.15) is 4.31 Å². The summed E-state index contributed by atoms with van der Waals surface area (Å²) in [6, 6.07) is 5.47. The number of carbonyl (C=O) groups excluding carboxylic acids is 1. The number of rotatable bonds is 7. The highest BCUT2D eigenvalue weighted by Gasteiger charge is 2.35. The molecule has 174 valence electrons. The number of sulfone groups is 1. The third-order valence-electron chi connectivity index (χ3n) is 6.20. The molecule has 1 aromatic rings. The Bertz CT molecular complexity index is 966. The van der Waals surface area contributed by atoms with Gasteiger partial charge in [-0.3, -0.25) is 4.79 Å². The van der Waals surface area contributed by atoms with Crippen LogP contribution in [0.5, 0.6) is 0 Å². The molecule has 1 unspecified atom stereocenters. The third-order valence-corrected chi connectivity index (χ3v) is 10.5. The van der Waals surface area contributed by atoms with Gasteiger partial charge < -0.3 is 9.64 Å². The molecule has 2 heterocycles. The topological polar surface area (TPSA) is 101 Å². The lowest BCUT2D eigenvalue weighted by atomic mass is 9.98. The van der Waals surface area contributed by atoms with E-state index in [9.17, 15) is 21.6 Å². The summed E-state index contributed by atoms with van der Waals surface area (Å²) in [5, 5.41) is -0.482. The van der Waals surface area contributed by atoms with E-state index in [1.165, 1.54) is 28.6 Å². The molecule has 2 fully saturated rings. The summed E-state index contributed by atoms with van der Waals surface area (Å²) in [6.45, 7) is 6.24. The van der Waals surface area contributed by atoms with Crippen LogP contribution in [-0.2, 0) is 29.4 Å². The molecule has 0 aliphatic carbocycles. The zero-order valence-electron chi connectivity index (χ0n) is 18.2. The minimum absolute atomic E-state index is 0.0187. The van der Waals surface area contributed by atoms with Crippen molar-refractivity contribution in [2.75, 3.05) is 39.4 Å². The van der Waals surface area contributed by atoms with Crippen molar-refractivity contribution in [3.63, 3.8) is 0 Å². The molecule has 1 amide bonds. The monoisotopic (exact) mass is 472 g/mol. The summed E-state index contributed by atoms with van der Waals surface area (Å²) in [6.07, 6.45) is 2.28. The second-order valence-electron chi connectivity index (χ2n) is 8.09. The first kappa shape index (κ1) is 24.2. The number of nitrogens with zero attached hydrogens (tertiary/aromatic N) is 2. The highest BCUT2D eigenvalue weighted by molar-refractivity contribution is 7.92. The predicted octanol–water partition coefficient (Wildman–Crippen LogP) is 1.91. The van der Waals surface area contributed by atoms with E-state index in [0.717, 1.165) is 0 Å². The second-order valence-corrected chi connectivity index (χ2v) is 12.3. The van der Waals surface area contributed by atoms with Crippen LogP contribution in [0.15, 0.2) is 34.1 Å². The molecule has 2 saturated heterocycles. The van der Waals surface area contributed by atoms with Crippen LogP contribution in [0.2, 0.25) is 0 Å². The molecule has 2 aliphatic heterocycles. The summed E-state index contributed by atoms with van der Waals surface area (Å²) in [4.78, 5) is 14.8. The number of ether oxygens (including phenoxy) is 1. The fourth-order valence-electron chi connectivity index (χ4n) is 4.27. The van der Waals surface area contributed by atoms with E-state index in [1.54, 1.807) is 4.90 Å². The van der Waals surface area contributed by atoms with Crippen LogP contribution < -0.4 is 0 Å². The number of amides is 1. The average Bonchev–Trinajstić information content (AvgIpc) is 2.80. The molecule has 0 aromatic heterocycles. The van der Waals surface area contributed by atoms with Crippen molar-refractivity contribution in [2.45, 2.75) is 54.6 Å². The Labute approximate surface area is 185 Å². The van der Waals surface area contributed by atoms with Crippen molar-refractivity contribution in [1.82, 2.24) is 9.21 Å². The Hall–Kier alpha value is -1.49. The smallest absolute Gasteiger partial charge is 0.243 e. The van der Waals surface area contributed by atoms with Gasteiger partial charge in [-0.15, -0.1) is 0 Å². The molecule has 2 aliphatic rings. The van der Waals surface area contributed by atoms with Crippen LogP contribution in [0, 0.1) is 5.92 Å². The predicted molar refractivity (Wildman–Crippen MR) is 117 cm³/mol. The molecular weight excluding hydrogens is 440 g/mol. The van der Waals surface area contributed by atoms with Crippen molar-refractivity contribution in [1.29, 1.82) is 0 Å². The zero-order valence-corrected chi connectivity index (χ0v) is 19.8. The second kappa shape index (κ2) is 9.97. The number of carbonyl (C=O) groups is 1. The number of morpholine rings is 1. The molecule has 1 atom stereocenters. The van der Waals surface area contributed by atoms with Gasteiger partial charge in [0.1, 0.15) is 0 Å². The van der Waals surface area contributed by atoms with Gasteiger partial charge in [-0.1, -0.05) is 13.8 Å². The molecular formula is C21H32N2O6S2. The van der Waals surface area contributed by atoms with Crippen molar-refractivity contribution < 1.29 is 26.4 Å². The van der Waals surface area contributed by atoms with Crippen molar-refractivity contribution in [3.8, 4) is 0 Å². The van der Waals surface area contributed by atoms with E-state index >= 15 is 0 Å². The molecule has 1 aromatic carbocycles. The minimum Gasteiger partial charge on any atom is -0.378 e. The standard InChI is InChI=1S/C21H32N2O6S2/c1-3-18(4-2)30(25,26)19-7-9-20(10-8-19)31(27,28)23-11-5-6-17(16-23)21(24)22-12-14-29-15-13-22/h7-10,17-18H,3-6,11-16H2,1-2H3. The highest BCUT2D eigenvalue weighted by Crippen LogP contribution is 2.27. The zero-order chi connectivity index (χ0) is 22.6. The summed E-state index contributed by atoms with van der Waals surface area (Å²) in [5.74, 6) is -0.383. The van der Waals surface area contributed by atoms with Gasteiger partial charge in [0.15, 0.2) is 9.84 Å². The van der Waals surface area contributed by atoms with Crippen molar-refractivity contribution >= 4 is 25.8 Å². The van der Waals surface area contributed by atoms with E-state index in [1.807, 2.05) is 13.8 Å². The molecule has 8 nitrogen and oxygen atoms in total. The first-order valence-electron chi connectivity index (χ1n) is 10.9. The normalized spacial score (nSPS) is 21.4. The molecule has 0 saturated carbocycles. The SMILES string of the molecule is CCC(CC)S(=O)(=O)c1ccc(S(=O)(=O)N2CCCC(C(=O)N3CCOCC3)C2)cc1. The van der Waals surface area contributed by atoms with Gasteiger partial charge in [-0.25, -0.2) is 16.8 Å². The first-order valence-corrected chi connectivity index (χ1v) is 13.9. The van der Waals surface area contributed by atoms with Crippen LogP contribution in [0.1, 0.15) is 39.5 Å². The van der Waals surface area contributed by atoms with E-state index < -0.39 is 25.1 Å². The molecule has 3 rings (SSSR count). The fourth-order valence-corrected chi connectivity index (χ4v) is 7.58. The van der Waals surface area contributed by atoms with Crippen LogP contribution in [0.3, 0.4) is 0 Å². The summed E-state index contributed by atoms with van der Waals surface area (Å²) < 4.78 is 58.4. The summed E-state index contributed by atoms with van der Waals surface area (Å²) in [5.41, 5.74) is 0. The van der Waals surface area contributed by atoms with Gasteiger partial charge >= 0.3 is 0 Å². The molecule has 10 heteroatoms. The number of piperidine rings is 1. The fraction of sp³-hybridized carbons (Fsp3) is 0.667. The van der Waals surface area contributed by atoms with Gasteiger partial charge in [0.2, 0.25) is 15.9 Å². The van der Waals surface area contributed by atoms with Crippen LogP contribution in [0.4, 0.5) is 0 Å². The van der Waals surface area contributed by atoms with Gasteiger partial charge in [0.05, 0.1) is 34.2 Å². The highest BCUT2D eigenvalue weighted by atomic mass is 32.2. The van der Waals surface area contributed by atoms with Gasteiger partial charge in [-0.05, 0) is 49.9 Å². The van der Waals surface area contributed by atoms with Crippen LogP contribution in [-0.4, -0.2) is 76.6 Å². The number of sulfonamides is 1. The quantitative estimate of drug-likeness (QED) is 0.601. The summed E-state index contributed by atoms with van der Waals surface area (Å²) >= 11 is 0. The van der Waals surface area contributed by atoms with Crippen LogP contribution >= 0.6 is 0 Å². The summed E-state index contributed by atoms with van der Waals surface area (Å²) in [7, 11) is -7.30. The van der Waals surface area contributed by atoms with E-state index in [-0.39, 0.29) is 28.2 Å². The van der Waals surface area contributed by atoms with Gasteiger partial charge in [0.25, 0.3) is 0 Å².